The molecule has 1 heterocycles. The molecule has 0 bridgehead atoms. The van der Waals surface area contributed by atoms with Crippen molar-refractivity contribution < 1.29 is 0 Å². The summed E-state index contributed by atoms with van der Waals surface area (Å²) < 4.78 is 0. The first-order valence-electron chi connectivity index (χ1n) is 8.00. The molecule has 0 aromatic carbocycles. The number of fused-ring (bicyclic) bond motifs is 1. The molecule has 1 aromatic rings. The Morgan fingerprint density at radius 2 is 1.86 bits per heavy atom. The third-order valence-corrected chi connectivity index (χ3v) is 3.79. The van der Waals surface area contributed by atoms with Gasteiger partial charge in [0.2, 0.25) is 0 Å². The van der Waals surface area contributed by atoms with Gasteiger partial charge < -0.3 is 10.6 Å². The van der Waals surface area contributed by atoms with E-state index in [1.165, 1.54) is 11.3 Å². The van der Waals surface area contributed by atoms with E-state index in [9.17, 15) is 0 Å². The molecular weight excluding hydrogens is 260 g/mol. The highest BCUT2D eigenvalue weighted by atomic mass is 15.2. The number of nitrogens with one attached hydrogen (secondary N) is 1. The number of aryl methyl sites for hydroxylation is 2. The van der Waals surface area contributed by atoms with Crippen molar-refractivity contribution in [1.82, 2.24) is 4.98 Å². The second-order valence-electron chi connectivity index (χ2n) is 6.93. The van der Waals surface area contributed by atoms with E-state index in [1.807, 2.05) is 0 Å². The van der Waals surface area contributed by atoms with Gasteiger partial charge in [0.1, 0.15) is 11.7 Å². The minimum atomic E-state index is 0.129. The molecule has 3 N–H and O–H groups in total. The maximum Gasteiger partial charge on any atom is 0.139 e. The van der Waals surface area contributed by atoms with Gasteiger partial charge in [-0.3, -0.25) is 5.41 Å². The second-order valence-corrected chi connectivity index (χ2v) is 6.93. The van der Waals surface area contributed by atoms with E-state index in [0.29, 0.717) is 11.8 Å². The molecule has 0 saturated heterocycles. The number of hydrogen-bond donors (Lipinski definition) is 2. The molecule has 116 valence electrons. The van der Waals surface area contributed by atoms with Gasteiger partial charge in [0, 0.05) is 18.8 Å². The van der Waals surface area contributed by atoms with Gasteiger partial charge in [-0.2, -0.15) is 0 Å². The Morgan fingerprint density at radius 3 is 2.38 bits per heavy atom. The smallest absolute Gasteiger partial charge is 0.139 e. The van der Waals surface area contributed by atoms with Crippen LogP contribution < -0.4 is 10.6 Å². The van der Waals surface area contributed by atoms with E-state index in [4.69, 9.17) is 16.1 Å². The average molecular weight is 288 g/mol. The zero-order chi connectivity index (χ0) is 15.6. The largest absolute Gasteiger partial charge is 0.384 e. The monoisotopic (exact) mass is 288 g/mol. The maximum absolute atomic E-state index is 7.91. The number of anilines is 1. The number of rotatable bonds is 6. The lowest BCUT2D eigenvalue weighted by Gasteiger charge is -2.29. The summed E-state index contributed by atoms with van der Waals surface area (Å²) in [5.74, 6) is 2.15. The summed E-state index contributed by atoms with van der Waals surface area (Å²) in [5, 5.41) is 7.91. The van der Waals surface area contributed by atoms with Crippen LogP contribution in [0.5, 0.6) is 0 Å². The van der Waals surface area contributed by atoms with Gasteiger partial charge in [0.15, 0.2) is 0 Å². The van der Waals surface area contributed by atoms with Gasteiger partial charge in [-0.05, 0) is 42.7 Å². The van der Waals surface area contributed by atoms with Gasteiger partial charge >= 0.3 is 0 Å². The van der Waals surface area contributed by atoms with Gasteiger partial charge in [-0.25, -0.2) is 4.98 Å². The van der Waals surface area contributed by atoms with Crippen molar-refractivity contribution in [2.24, 2.45) is 17.6 Å². The Bertz CT molecular complexity index is 510. The minimum absolute atomic E-state index is 0.129. The van der Waals surface area contributed by atoms with Crippen LogP contribution in [0.2, 0.25) is 0 Å². The van der Waals surface area contributed by atoms with Crippen LogP contribution >= 0.6 is 0 Å². The van der Waals surface area contributed by atoms with Crippen LogP contribution in [0.1, 0.15) is 50.9 Å². The fraction of sp³-hybridized carbons (Fsp3) is 0.647. The Hall–Kier alpha value is -1.58. The summed E-state index contributed by atoms with van der Waals surface area (Å²) in [7, 11) is 0. The van der Waals surface area contributed by atoms with E-state index < -0.39 is 0 Å². The predicted molar refractivity (Wildman–Crippen MR) is 89.2 cm³/mol. The molecule has 0 spiro atoms. The van der Waals surface area contributed by atoms with Crippen LogP contribution in [0.3, 0.4) is 0 Å². The molecule has 4 nitrogen and oxygen atoms in total. The predicted octanol–water partition coefficient (Wildman–Crippen LogP) is 2.97. The molecule has 21 heavy (non-hydrogen) atoms. The van der Waals surface area contributed by atoms with Crippen LogP contribution in [0.15, 0.2) is 6.07 Å². The standard InChI is InChI=1S/C17H28N4/c1-11(2)9-21(10-12(3)4)17-14(16(18)19)8-13-6-5-7-15(13)20-17/h8,11-12H,5-7,9-10H2,1-4H3,(H3,18,19). The molecule has 2 rings (SSSR count). The Morgan fingerprint density at radius 1 is 1.24 bits per heavy atom. The molecule has 0 saturated carbocycles. The van der Waals surface area contributed by atoms with Crippen molar-refractivity contribution in [1.29, 1.82) is 5.41 Å². The van der Waals surface area contributed by atoms with Crippen LogP contribution in [0.25, 0.3) is 0 Å². The molecule has 0 radical (unpaired) electrons. The summed E-state index contributed by atoms with van der Waals surface area (Å²) in [6, 6.07) is 2.10. The Labute approximate surface area is 128 Å². The number of nitrogens with two attached hydrogens (primary N) is 1. The highest BCUT2D eigenvalue weighted by Gasteiger charge is 2.22. The topological polar surface area (TPSA) is 66.0 Å². The van der Waals surface area contributed by atoms with Crippen LogP contribution in [-0.2, 0) is 12.8 Å². The zero-order valence-corrected chi connectivity index (χ0v) is 13.7. The first kappa shape index (κ1) is 15.8. The molecule has 1 aliphatic rings. The van der Waals surface area contributed by atoms with E-state index in [2.05, 4.69) is 38.7 Å². The fourth-order valence-electron chi connectivity index (χ4n) is 3.03. The maximum atomic E-state index is 7.91. The number of nitrogens with zero attached hydrogens (tertiary/aromatic N) is 2. The lowest BCUT2D eigenvalue weighted by atomic mass is 10.1. The molecule has 1 aliphatic carbocycles. The average Bonchev–Trinajstić information content (AvgIpc) is 2.82. The number of aromatic nitrogens is 1. The molecule has 0 unspecified atom stereocenters. The Kier molecular flexibility index (Phi) is 4.86. The minimum Gasteiger partial charge on any atom is -0.384 e. The fourth-order valence-corrected chi connectivity index (χ4v) is 3.03. The molecule has 1 aromatic heterocycles. The lowest BCUT2D eigenvalue weighted by Crippen LogP contribution is -2.34. The normalized spacial score (nSPS) is 13.8. The van der Waals surface area contributed by atoms with Crippen molar-refractivity contribution in [3.05, 3.63) is 22.9 Å². The van der Waals surface area contributed by atoms with Crippen molar-refractivity contribution >= 4 is 11.7 Å². The highest BCUT2D eigenvalue weighted by Crippen LogP contribution is 2.28. The third kappa shape index (κ3) is 3.74. The zero-order valence-electron chi connectivity index (χ0n) is 13.7. The molecule has 4 heteroatoms. The third-order valence-electron chi connectivity index (χ3n) is 3.79. The summed E-state index contributed by atoms with van der Waals surface area (Å²) in [5.41, 5.74) is 9.10. The molecule has 0 fully saturated rings. The van der Waals surface area contributed by atoms with Crippen LogP contribution in [0.4, 0.5) is 5.82 Å². The van der Waals surface area contributed by atoms with Crippen molar-refractivity contribution in [2.45, 2.75) is 47.0 Å². The van der Waals surface area contributed by atoms with Crippen molar-refractivity contribution in [2.75, 3.05) is 18.0 Å². The van der Waals surface area contributed by atoms with E-state index in [0.717, 1.165) is 43.7 Å². The van der Waals surface area contributed by atoms with E-state index in [-0.39, 0.29) is 5.84 Å². The number of nitrogen functional groups attached to an aromatic ring is 1. The quantitative estimate of drug-likeness (QED) is 0.624. The lowest BCUT2D eigenvalue weighted by molar-refractivity contribution is 0.548. The van der Waals surface area contributed by atoms with E-state index >= 15 is 0 Å². The molecular formula is C17H28N4. The Balaban J connectivity index is 2.44. The summed E-state index contributed by atoms with van der Waals surface area (Å²) in [6.07, 6.45) is 3.28. The SMILES string of the molecule is CC(C)CN(CC(C)C)c1nc2c(cc1C(=N)N)CCC2. The van der Waals surface area contributed by atoms with Crippen molar-refractivity contribution in [3.8, 4) is 0 Å². The second kappa shape index (κ2) is 6.46. The number of pyridine rings is 1. The summed E-state index contributed by atoms with van der Waals surface area (Å²) >= 11 is 0. The van der Waals surface area contributed by atoms with Gasteiger partial charge in [0.25, 0.3) is 0 Å². The summed E-state index contributed by atoms with van der Waals surface area (Å²) in [6.45, 7) is 10.8. The molecule has 0 aliphatic heterocycles. The van der Waals surface area contributed by atoms with Crippen LogP contribution in [-0.4, -0.2) is 23.9 Å². The van der Waals surface area contributed by atoms with Gasteiger partial charge in [-0.1, -0.05) is 27.7 Å². The summed E-state index contributed by atoms with van der Waals surface area (Å²) in [4.78, 5) is 7.20. The molecule has 0 atom stereocenters. The first-order valence-corrected chi connectivity index (χ1v) is 8.00. The molecule has 0 amide bonds. The number of hydrogen-bond acceptors (Lipinski definition) is 3. The van der Waals surface area contributed by atoms with E-state index in [1.54, 1.807) is 0 Å². The van der Waals surface area contributed by atoms with Gasteiger partial charge in [0.05, 0.1) is 5.56 Å². The van der Waals surface area contributed by atoms with Crippen LogP contribution in [0, 0.1) is 17.2 Å². The number of amidine groups is 1. The first-order chi connectivity index (χ1) is 9.88. The highest BCUT2D eigenvalue weighted by molar-refractivity contribution is 6.00. The van der Waals surface area contributed by atoms with Gasteiger partial charge in [-0.15, -0.1) is 0 Å². The van der Waals surface area contributed by atoms with Crippen molar-refractivity contribution in [3.63, 3.8) is 0 Å².